The van der Waals surface area contributed by atoms with E-state index in [9.17, 15) is 8.78 Å². The predicted molar refractivity (Wildman–Crippen MR) is 116 cm³/mol. The fraction of sp³-hybridized carbons (Fsp3) is 0.458. The summed E-state index contributed by atoms with van der Waals surface area (Å²) in [6, 6.07) is 8.66. The highest BCUT2D eigenvalue weighted by atomic mass is 19.1. The Labute approximate surface area is 185 Å². The van der Waals surface area contributed by atoms with Gasteiger partial charge in [0.05, 0.1) is 11.2 Å². The van der Waals surface area contributed by atoms with Gasteiger partial charge in [0.25, 0.3) is 0 Å². The normalized spacial score (nSPS) is 28.9. The summed E-state index contributed by atoms with van der Waals surface area (Å²) < 4.78 is 40.6. The summed E-state index contributed by atoms with van der Waals surface area (Å²) >= 11 is 0. The molecule has 170 valence electrons. The molecule has 3 aliphatic rings. The first-order valence-corrected chi connectivity index (χ1v) is 10.8. The molecule has 0 aromatic heterocycles. The molecule has 6 nitrogen and oxygen atoms in total. The quantitative estimate of drug-likeness (QED) is 0.748. The van der Waals surface area contributed by atoms with Gasteiger partial charge >= 0.3 is 0 Å². The molecule has 3 aliphatic heterocycles. The molecule has 2 aromatic carbocycles. The SMILES string of the molecule is CN1OC2(C[C@H](C3CCOC(C)(C)C3)Oc3ccc(-c4cc(F)ccc4F)cc32)N=C1N. The fourth-order valence-electron chi connectivity index (χ4n) is 5.01. The molecule has 2 N–H and O–H groups in total. The molecule has 5 rings (SSSR count). The number of benzene rings is 2. The van der Waals surface area contributed by atoms with Gasteiger partial charge in [-0.2, -0.15) is 0 Å². The van der Waals surface area contributed by atoms with Crippen LogP contribution in [-0.4, -0.2) is 36.4 Å². The maximum atomic E-state index is 14.5. The maximum absolute atomic E-state index is 14.5. The van der Waals surface area contributed by atoms with E-state index in [0.717, 1.165) is 25.0 Å². The standard InChI is InChI=1S/C24H27F2N3O3/c1-23(2)12-15(8-9-30-23)21-13-24(28-22(27)29(3)32-24)18-10-14(4-7-20(18)31-21)17-11-16(25)5-6-19(17)26/h4-7,10-11,15,21H,8-9,12-13H2,1-3H3,(H2,27,28)/t15?,21-,24?/m1/s1. The van der Waals surface area contributed by atoms with Gasteiger partial charge in [-0.1, -0.05) is 6.07 Å². The Balaban J connectivity index is 1.58. The van der Waals surface area contributed by atoms with Gasteiger partial charge in [0, 0.05) is 31.6 Å². The van der Waals surface area contributed by atoms with Crippen LogP contribution in [0.25, 0.3) is 11.1 Å². The molecule has 3 atom stereocenters. The van der Waals surface area contributed by atoms with Crippen molar-refractivity contribution in [2.75, 3.05) is 13.7 Å². The van der Waals surface area contributed by atoms with Gasteiger partial charge in [0.15, 0.2) is 0 Å². The average Bonchev–Trinajstić information content (AvgIpc) is 3.02. The Bertz CT molecular complexity index is 1090. The van der Waals surface area contributed by atoms with Crippen molar-refractivity contribution in [2.45, 2.75) is 50.5 Å². The van der Waals surface area contributed by atoms with Gasteiger partial charge in [0.1, 0.15) is 23.5 Å². The summed E-state index contributed by atoms with van der Waals surface area (Å²) in [4.78, 5) is 10.8. The molecule has 1 fully saturated rings. The van der Waals surface area contributed by atoms with Crippen LogP contribution >= 0.6 is 0 Å². The Kier molecular flexibility index (Phi) is 4.90. The third-order valence-corrected chi connectivity index (χ3v) is 6.56. The number of fused-ring (bicyclic) bond motifs is 2. The van der Waals surface area contributed by atoms with E-state index < -0.39 is 17.4 Å². The van der Waals surface area contributed by atoms with Gasteiger partial charge in [0.2, 0.25) is 11.7 Å². The number of nitrogens with zero attached hydrogens (tertiary/aromatic N) is 2. The Morgan fingerprint density at radius 2 is 1.94 bits per heavy atom. The molecule has 0 aliphatic carbocycles. The van der Waals surface area contributed by atoms with Crippen LogP contribution in [0.2, 0.25) is 0 Å². The highest BCUT2D eigenvalue weighted by Gasteiger charge is 2.51. The van der Waals surface area contributed by atoms with Crippen molar-refractivity contribution in [2.24, 2.45) is 16.6 Å². The van der Waals surface area contributed by atoms with Crippen LogP contribution in [0, 0.1) is 17.6 Å². The van der Waals surface area contributed by atoms with Crippen molar-refractivity contribution in [3.8, 4) is 16.9 Å². The molecule has 0 bridgehead atoms. The minimum atomic E-state index is -1.08. The molecule has 1 saturated heterocycles. The van der Waals surface area contributed by atoms with Crippen molar-refractivity contribution >= 4 is 5.96 Å². The number of rotatable bonds is 2. The van der Waals surface area contributed by atoms with Crippen molar-refractivity contribution in [3.63, 3.8) is 0 Å². The number of hydroxylamine groups is 2. The molecule has 0 saturated carbocycles. The van der Waals surface area contributed by atoms with Crippen molar-refractivity contribution in [1.82, 2.24) is 5.06 Å². The predicted octanol–water partition coefficient (Wildman–Crippen LogP) is 4.33. The van der Waals surface area contributed by atoms with Gasteiger partial charge in [-0.15, -0.1) is 0 Å². The van der Waals surface area contributed by atoms with Crippen LogP contribution < -0.4 is 10.5 Å². The van der Waals surface area contributed by atoms with Crippen LogP contribution in [0.15, 0.2) is 41.4 Å². The number of aliphatic imine (C=N–C) groups is 1. The molecule has 0 radical (unpaired) electrons. The Morgan fingerprint density at radius 3 is 2.66 bits per heavy atom. The number of halogens is 2. The van der Waals surface area contributed by atoms with Crippen LogP contribution in [0.5, 0.6) is 5.75 Å². The summed E-state index contributed by atoms with van der Waals surface area (Å²) in [6.07, 6.45) is 2.04. The number of hydrogen-bond donors (Lipinski definition) is 1. The Morgan fingerprint density at radius 1 is 1.12 bits per heavy atom. The lowest BCUT2D eigenvalue weighted by Crippen LogP contribution is -2.46. The zero-order valence-electron chi connectivity index (χ0n) is 18.4. The van der Waals surface area contributed by atoms with Crippen LogP contribution in [0.4, 0.5) is 8.78 Å². The molecule has 8 heteroatoms. The lowest BCUT2D eigenvalue weighted by atomic mass is 9.79. The summed E-state index contributed by atoms with van der Waals surface area (Å²) in [5, 5.41) is 1.44. The first kappa shape index (κ1) is 21.2. The van der Waals surface area contributed by atoms with E-state index in [1.807, 2.05) is 0 Å². The van der Waals surface area contributed by atoms with Crippen molar-refractivity contribution in [3.05, 3.63) is 53.6 Å². The monoisotopic (exact) mass is 443 g/mol. The summed E-state index contributed by atoms with van der Waals surface area (Å²) in [5.41, 5.74) is 6.10. The number of nitrogens with two attached hydrogens (primary N) is 1. The van der Waals surface area contributed by atoms with E-state index in [-0.39, 0.29) is 29.1 Å². The smallest absolute Gasteiger partial charge is 0.221 e. The number of guanidine groups is 1. The lowest BCUT2D eigenvalue weighted by molar-refractivity contribution is -0.198. The van der Waals surface area contributed by atoms with E-state index in [1.165, 1.54) is 11.1 Å². The van der Waals surface area contributed by atoms with E-state index in [2.05, 4.69) is 18.8 Å². The molecule has 2 aromatic rings. The minimum absolute atomic E-state index is 0.148. The zero-order chi connectivity index (χ0) is 22.7. The Hall–Kier alpha value is -2.71. The molecule has 0 amide bonds. The first-order chi connectivity index (χ1) is 15.2. The molecule has 1 spiro atoms. The highest BCUT2D eigenvalue weighted by molar-refractivity contribution is 5.79. The van der Waals surface area contributed by atoms with Crippen molar-refractivity contribution in [1.29, 1.82) is 0 Å². The lowest BCUT2D eigenvalue weighted by Gasteiger charge is -2.44. The van der Waals surface area contributed by atoms with E-state index >= 15 is 0 Å². The molecule has 2 unspecified atom stereocenters. The second-order valence-corrected chi connectivity index (χ2v) is 9.40. The van der Waals surface area contributed by atoms with E-state index in [1.54, 1.807) is 25.2 Å². The topological polar surface area (TPSA) is 69.3 Å². The summed E-state index contributed by atoms with van der Waals surface area (Å²) in [6.45, 7) is 4.84. The van der Waals surface area contributed by atoms with Gasteiger partial charge < -0.3 is 15.2 Å². The van der Waals surface area contributed by atoms with Gasteiger partial charge in [-0.05, 0) is 62.6 Å². The van der Waals surface area contributed by atoms with Crippen LogP contribution in [0.1, 0.15) is 38.7 Å². The van der Waals surface area contributed by atoms with E-state index in [4.69, 9.17) is 20.0 Å². The molecular formula is C24H27F2N3O3. The van der Waals surface area contributed by atoms with Gasteiger partial charge in [-0.3, -0.25) is 0 Å². The van der Waals surface area contributed by atoms with Crippen LogP contribution in [-0.2, 0) is 15.3 Å². The van der Waals surface area contributed by atoms with Gasteiger partial charge in [-0.25, -0.2) is 23.7 Å². The van der Waals surface area contributed by atoms with Crippen molar-refractivity contribution < 1.29 is 23.1 Å². The fourth-order valence-corrected chi connectivity index (χ4v) is 5.01. The third-order valence-electron chi connectivity index (χ3n) is 6.56. The second kappa shape index (κ2) is 7.42. The second-order valence-electron chi connectivity index (χ2n) is 9.40. The maximum Gasteiger partial charge on any atom is 0.221 e. The molecular weight excluding hydrogens is 416 g/mol. The molecule has 3 heterocycles. The average molecular weight is 443 g/mol. The third kappa shape index (κ3) is 3.61. The number of ether oxygens (including phenoxy) is 2. The van der Waals surface area contributed by atoms with Crippen LogP contribution in [0.3, 0.4) is 0 Å². The highest BCUT2D eigenvalue weighted by Crippen LogP contribution is 2.50. The summed E-state index contributed by atoms with van der Waals surface area (Å²) in [7, 11) is 1.70. The summed E-state index contributed by atoms with van der Waals surface area (Å²) in [5.74, 6) is 0.109. The number of hydrogen-bond acceptors (Lipinski definition) is 6. The molecule has 32 heavy (non-hydrogen) atoms. The zero-order valence-corrected chi connectivity index (χ0v) is 18.4. The largest absolute Gasteiger partial charge is 0.489 e. The minimum Gasteiger partial charge on any atom is -0.489 e. The first-order valence-electron chi connectivity index (χ1n) is 10.8. The van der Waals surface area contributed by atoms with E-state index in [0.29, 0.717) is 29.9 Å².